The molecule has 0 unspecified atom stereocenters. The zero-order valence-electron chi connectivity index (χ0n) is 12.0. The van der Waals surface area contributed by atoms with Crippen molar-refractivity contribution in [1.29, 1.82) is 0 Å². The molecule has 1 aromatic carbocycles. The first-order chi connectivity index (χ1) is 9.58. The van der Waals surface area contributed by atoms with Gasteiger partial charge in [-0.25, -0.2) is 4.39 Å². The molecule has 0 fully saturated rings. The molecule has 1 amide bonds. The third-order valence-electron chi connectivity index (χ3n) is 2.50. The normalized spacial score (nSPS) is 10.8. The first-order valence-corrected chi connectivity index (χ1v) is 6.56. The number of carbonyl (C=O) groups excluding carboxylic acids is 1. The lowest BCUT2D eigenvalue weighted by molar-refractivity contribution is -0.115. The summed E-state index contributed by atoms with van der Waals surface area (Å²) in [6.07, 6.45) is 0. The number of halogens is 1. The molecule has 0 atom stereocenters. The molecule has 0 radical (unpaired) electrons. The Hall–Kier alpha value is -1.50. The van der Waals surface area contributed by atoms with Gasteiger partial charge in [-0.15, -0.1) is 0 Å². The third kappa shape index (κ3) is 7.83. The molecule has 0 saturated carbocycles. The molecule has 0 aliphatic heterocycles. The number of nitrogens with one attached hydrogen (secondary N) is 2. The molecule has 20 heavy (non-hydrogen) atoms. The molecule has 0 heterocycles. The van der Waals surface area contributed by atoms with Crippen LogP contribution in [0.5, 0.6) is 0 Å². The second-order valence-electron chi connectivity index (χ2n) is 4.65. The zero-order chi connectivity index (χ0) is 14.8. The van der Waals surface area contributed by atoms with Gasteiger partial charge in [-0.2, -0.15) is 0 Å². The topological polar surface area (TPSA) is 53.6 Å². The van der Waals surface area contributed by atoms with Crippen LogP contribution in [0.15, 0.2) is 24.3 Å². The molecule has 0 aliphatic carbocycles. The van der Waals surface area contributed by atoms with E-state index < -0.39 is 0 Å². The minimum atomic E-state index is -0.370. The van der Waals surface area contributed by atoms with Crippen molar-refractivity contribution in [3.05, 3.63) is 30.1 Å². The average molecular weight is 283 g/mol. The van der Waals surface area contributed by atoms with Crippen LogP contribution >= 0.6 is 0 Å². The fraction of sp³-hybridized carbons (Fsp3) is 0.500. The van der Waals surface area contributed by atoms with Crippen LogP contribution in [0.1, 0.15) is 0 Å². The maximum Gasteiger partial charge on any atom is 0.238 e. The van der Waals surface area contributed by atoms with E-state index in [0.717, 1.165) is 6.54 Å². The first kappa shape index (κ1) is 16.6. The van der Waals surface area contributed by atoms with Crippen LogP contribution in [0.4, 0.5) is 10.1 Å². The van der Waals surface area contributed by atoms with E-state index in [9.17, 15) is 9.18 Å². The van der Waals surface area contributed by atoms with Crippen molar-refractivity contribution in [1.82, 2.24) is 10.2 Å². The minimum Gasteiger partial charge on any atom is -0.379 e. The van der Waals surface area contributed by atoms with Crippen molar-refractivity contribution in [2.75, 3.05) is 52.3 Å². The smallest absolute Gasteiger partial charge is 0.238 e. The predicted octanol–water partition coefficient (Wildman–Crippen LogP) is 0.932. The monoisotopic (exact) mass is 283 g/mol. The molecule has 0 bridgehead atoms. The fourth-order valence-electron chi connectivity index (χ4n) is 1.47. The van der Waals surface area contributed by atoms with Crippen molar-refractivity contribution < 1.29 is 13.9 Å². The highest BCUT2D eigenvalue weighted by Crippen LogP contribution is 2.08. The third-order valence-corrected chi connectivity index (χ3v) is 2.50. The van der Waals surface area contributed by atoms with E-state index in [1.165, 1.54) is 12.1 Å². The van der Waals surface area contributed by atoms with Gasteiger partial charge in [0.15, 0.2) is 0 Å². The van der Waals surface area contributed by atoms with Crippen LogP contribution in [0.2, 0.25) is 0 Å². The standard InChI is InChI=1S/C14H22FN3O2/c1-18(2)7-9-20-8-6-16-11-14(19)17-13-5-3-4-12(15)10-13/h3-5,10,16H,6-9,11H2,1-2H3,(H,17,19). The average Bonchev–Trinajstić information content (AvgIpc) is 2.37. The predicted molar refractivity (Wildman–Crippen MR) is 77.3 cm³/mol. The lowest BCUT2D eigenvalue weighted by Gasteiger charge is -2.10. The van der Waals surface area contributed by atoms with Crippen LogP contribution in [0.3, 0.4) is 0 Å². The van der Waals surface area contributed by atoms with Gasteiger partial charge in [-0.3, -0.25) is 4.79 Å². The van der Waals surface area contributed by atoms with Gasteiger partial charge in [0, 0.05) is 18.8 Å². The number of hydrogen-bond acceptors (Lipinski definition) is 4. The maximum atomic E-state index is 12.9. The zero-order valence-corrected chi connectivity index (χ0v) is 12.0. The van der Waals surface area contributed by atoms with Gasteiger partial charge >= 0.3 is 0 Å². The Labute approximate surface area is 119 Å². The Morgan fingerprint density at radius 3 is 2.85 bits per heavy atom. The summed E-state index contributed by atoms with van der Waals surface area (Å²) < 4.78 is 18.3. The SMILES string of the molecule is CN(C)CCOCCNCC(=O)Nc1cccc(F)c1. The molecule has 0 saturated heterocycles. The summed E-state index contributed by atoms with van der Waals surface area (Å²) in [5.74, 6) is -0.575. The summed E-state index contributed by atoms with van der Waals surface area (Å²) in [7, 11) is 3.97. The van der Waals surface area contributed by atoms with Gasteiger partial charge in [0.1, 0.15) is 5.82 Å². The van der Waals surface area contributed by atoms with Crippen LogP contribution in [-0.4, -0.2) is 57.8 Å². The summed E-state index contributed by atoms with van der Waals surface area (Å²) in [5.41, 5.74) is 0.457. The Morgan fingerprint density at radius 1 is 1.35 bits per heavy atom. The van der Waals surface area contributed by atoms with Crippen molar-refractivity contribution in [2.24, 2.45) is 0 Å². The number of hydrogen-bond donors (Lipinski definition) is 2. The molecule has 0 aliphatic rings. The van der Waals surface area contributed by atoms with Gasteiger partial charge < -0.3 is 20.3 Å². The lowest BCUT2D eigenvalue weighted by atomic mass is 10.3. The highest BCUT2D eigenvalue weighted by molar-refractivity contribution is 5.92. The first-order valence-electron chi connectivity index (χ1n) is 6.56. The molecule has 2 N–H and O–H groups in total. The summed E-state index contributed by atoms with van der Waals surface area (Å²) >= 11 is 0. The van der Waals surface area contributed by atoms with Gasteiger partial charge in [0.2, 0.25) is 5.91 Å². The molecule has 1 rings (SSSR count). The summed E-state index contributed by atoms with van der Waals surface area (Å²) in [6.45, 7) is 2.88. The summed E-state index contributed by atoms with van der Waals surface area (Å²) in [4.78, 5) is 13.6. The van der Waals surface area contributed by atoms with E-state index in [1.807, 2.05) is 19.0 Å². The van der Waals surface area contributed by atoms with E-state index >= 15 is 0 Å². The molecule has 5 nitrogen and oxygen atoms in total. The van der Waals surface area contributed by atoms with E-state index in [1.54, 1.807) is 12.1 Å². The Balaban J connectivity index is 2.06. The number of benzene rings is 1. The second-order valence-corrected chi connectivity index (χ2v) is 4.65. The van der Waals surface area contributed by atoms with Crippen LogP contribution in [0.25, 0.3) is 0 Å². The number of amides is 1. The molecule has 0 aromatic heterocycles. The highest BCUT2D eigenvalue weighted by atomic mass is 19.1. The van der Waals surface area contributed by atoms with E-state index in [2.05, 4.69) is 10.6 Å². The van der Waals surface area contributed by atoms with Gasteiger partial charge in [-0.1, -0.05) is 6.07 Å². The largest absolute Gasteiger partial charge is 0.379 e. The van der Waals surface area contributed by atoms with Crippen LogP contribution in [0, 0.1) is 5.82 Å². The van der Waals surface area contributed by atoms with E-state index in [4.69, 9.17) is 4.74 Å². The summed E-state index contributed by atoms with van der Waals surface area (Å²) in [5, 5.41) is 5.57. The molecular weight excluding hydrogens is 261 g/mol. The van der Waals surface area contributed by atoms with E-state index in [-0.39, 0.29) is 18.3 Å². The minimum absolute atomic E-state index is 0.174. The van der Waals surface area contributed by atoms with Gasteiger partial charge in [-0.05, 0) is 32.3 Å². The van der Waals surface area contributed by atoms with Gasteiger partial charge in [0.25, 0.3) is 0 Å². The maximum absolute atomic E-state index is 12.9. The fourth-order valence-corrected chi connectivity index (χ4v) is 1.47. The molecule has 6 heteroatoms. The molecule has 1 aromatic rings. The number of carbonyl (C=O) groups is 1. The van der Waals surface area contributed by atoms with Gasteiger partial charge in [0.05, 0.1) is 19.8 Å². The van der Waals surface area contributed by atoms with E-state index in [0.29, 0.717) is 25.4 Å². The number of rotatable bonds is 9. The number of ether oxygens (including phenoxy) is 1. The Kier molecular flexibility index (Phi) is 7.79. The highest BCUT2D eigenvalue weighted by Gasteiger charge is 2.02. The summed E-state index contributed by atoms with van der Waals surface area (Å²) in [6, 6.07) is 5.81. The molecule has 0 spiro atoms. The second kappa shape index (κ2) is 9.41. The van der Waals surface area contributed by atoms with Crippen molar-refractivity contribution in [3.63, 3.8) is 0 Å². The van der Waals surface area contributed by atoms with Crippen molar-refractivity contribution in [3.8, 4) is 0 Å². The lowest BCUT2D eigenvalue weighted by Crippen LogP contribution is -2.31. The Bertz CT molecular complexity index is 413. The molecule has 112 valence electrons. The number of nitrogens with zero attached hydrogens (tertiary/aromatic N) is 1. The number of anilines is 1. The number of likely N-dealkylation sites (N-methyl/N-ethyl adjacent to an activating group) is 1. The van der Waals surface area contributed by atoms with Crippen LogP contribution < -0.4 is 10.6 Å². The molecular formula is C14H22FN3O2. The van der Waals surface area contributed by atoms with Crippen LogP contribution in [-0.2, 0) is 9.53 Å². The van der Waals surface area contributed by atoms with Crippen molar-refractivity contribution >= 4 is 11.6 Å². The van der Waals surface area contributed by atoms with Crippen molar-refractivity contribution in [2.45, 2.75) is 0 Å². The quantitative estimate of drug-likeness (QED) is 0.662. The Morgan fingerprint density at radius 2 is 2.15 bits per heavy atom.